The van der Waals surface area contributed by atoms with Gasteiger partial charge in [0.1, 0.15) is 6.61 Å². The van der Waals surface area contributed by atoms with Gasteiger partial charge in [-0.05, 0) is 39.7 Å². The summed E-state index contributed by atoms with van der Waals surface area (Å²) < 4.78 is 10.3. The maximum atomic E-state index is 11.8. The Hall–Kier alpha value is -2.34. The van der Waals surface area contributed by atoms with Crippen molar-refractivity contribution in [2.24, 2.45) is 0 Å². The molecule has 0 bridgehead atoms. The standard InChI is InChI=1S/C16H14BrNO4/c1-21-15(19)12-7-8-14(13(17)9-12)18-16(20)22-10-11-5-3-2-4-6-11/h2-9H,10H2,1H3,(H,18,20). The van der Waals surface area contributed by atoms with Crippen LogP contribution in [0, 0.1) is 0 Å². The van der Waals surface area contributed by atoms with E-state index in [0.717, 1.165) is 5.56 Å². The molecule has 0 aliphatic carbocycles. The number of methoxy groups -OCH3 is 1. The van der Waals surface area contributed by atoms with Crippen molar-refractivity contribution in [1.82, 2.24) is 0 Å². The molecule has 0 spiro atoms. The number of esters is 1. The fraction of sp³-hybridized carbons (Fsp3) is 0.125. The van der Waals surface area contributed by atoms with E-state index in [1.54, 1.807) is 18.2 Å². The lowest BCUT2D eigenvalue weighted by molar-refractivity contribution is 0.0600. The Balaban J connectivity index is 1.95. The van der Waals surface area contributed by atoms with Crippen LogP contribution in [0.5, 0.6) is 0 Å². The zero-order valence-electron chi connectivity index (χ0n) is 11.8. The van der Waals surface area contributed by atoms with Gasteiger partial charge in [0.15, 0.2) is 0 Å². The number of benzene rings is 2. The van der Waals surface area contributed by atoms with Crippen molar-refractivity contribution in [3.63, 3.8) is 0 Å². The summed E-state index contributed by atoms with van der Waals surface area (Å²) in [5.74, 6) is -0.445. The van der Waals surface area contributed by atoms with Crippen LogP contribution in [0.4, 0.5) is 10.5 Å². The van der Waals surface area contributed by atoms with E-state index < -0.39 is 12.1 Å². The number of rotatable bonds is 4. The smallest absolute Gasteiger partial charge is 0.411 e. The number of hydrogen-bond donors (Lipinski definition) is 1. The number of nitrogens with one attached hydrogen (secondary N) is 1. The molecule has 0 atom stereocenters. The number of halogens is 1. The van der Waals surface area contributed by atoms with Crippen LogP contribution in [0.25, 0.3) is 0 Å². The maximum Gasteiger partial charge on any atom is 0.411 e. The predicted octanol–water partition coefficient (Wildman–Crippen LogP) is 3.98. The van der Waals surface area contributed by atoms with E-state index in [0.29, 0.717) is 15.7 Å². The first kappa shape index (κ1) is 16.0. The van der Waals surface area contributed by atoms with E-state index >= 15 is 0 Å². The molecular formula is C16H14BrNO4. The molecule has 0 unspecified atom stereocenters. The molecule has 0 saturated heterocycles. The van der Waals surface area contributed by atoms with Crippen molar-refractivity contribution in [1.29, 1.82) is 0 Å². The van der Waals surface area contributed by atoms with E-state index in [2.05, 4.69) is 26.0 Å². The zero-order chi connectivity index (χ0) is 15.9. The van der Waals surface area contributed by atoms with Crippen molar-refractivity contribution in [3.8, 4) is 0 Å². The minimum atomic E-state index is -0.574. The van der Waals surface area contributed by atoms with Crippen LogP contribution in [-0.4, -0.2) is 19.2 Å². The Kier molecular flexibility index (Phi) is 5.55. The molecule has 0 saturated carbocycles. The molecule has 1 N–H and O–H groups in total. The molecule has 0 heterocycles. The summed E-state index contributed by atoms with van der Waals surface area (Å²) in [5, 5.41) is 2.60. The third-order valence-corrected chi connectivity index (χ3v) is 3.50. The second kappa shape index (κ2) is 7.61. The second-order valence-electron chi connectivity index (χ2n) is 4.37. The second-order valence-corrected chi connectivity index (χ2v) is 5.23. The van der Waals surface area contributed by atoms with Crippen molar-refractivity contribution >= 4 is 33.7 Å². The fourth-order valence-corrected chi connectivity index (χ4v) is 2.21. The molecule has 5 nitrogen and oxygen atoms in total. The summed E-state index contributed by atoms with van der Waals surface area (Å²) >= 11 is 3.29. The van der Waals surface area contributed by atoms with Gasteiger partial charge in [-0.3, -0.25) is 5.32 Å². The highest BCUT2D eigenvalue weighted by molar-refractivity contribution is 9.10. The van der Waals surface area contributed by atoms with E-state index in [1.807, 2.05) is 30.3 Å². The quantitative estimate of drug-likeness (QED) is 0.834. The summed E-state index contributed by atoms with van der Waals surface area (Å²) in [5.41, 5.74) is 1.79. The number of carbonyl (C=O) groups is 2. The topological polar surface area (TPSA) is 64.6 Å². The van der Waals surface area contributed by atoms with Crippen molar-refractivity contribution in [3.05, 3.63) is 64.1 Å². The minimum absolute atomic E-state index is 0.185. The van der Waals surface area contributed by atoms with Crippen LogP contribution in [0.1, 0.15) is 15.9 Å². The summed E-state index contributed by atoms with van der Waals surface area (Å²) in [6.07, 6.45) is -0.574. The van der Waals surface area contributed by atoms with Gasteiger partial charge >= 0.3 is 12.1 Å². The Morgan fingerprint density at radius 2 is 1.86 bits per heavy atom. The van der Waals surface area contributed by atoms with Gasteiger partial charge in [0.05, 0.1) is 18.4 Å². The summed E-state index contributed by atoms with van der Waals surface area (Å²) in [4.78, 5) is 23.2. The lowest BCUT2D eigenvalue weighted by atomic mass is 10.2. The number of amides is 1. The molecule has 2 aromatic rings. The molecule has 2 rings (SSSR count). The van der Waals surface area contributed by atoms with Gasteiger partial charge in [-0.2, -0.15) is 0 Å². The average Bonchev–Trinajstić information content (AvgIpc) is 2.55. The van der Waals surface area contributed by atoms with Gasteiger partial charge in [-0.25, -0.2) is 9.59 Å². The van der Waals surface area contributed by atoms with Gasteiger partial charge < -0.3 is 9.47 Å². The molecule has 1 amide bonds. The monoisotopic (exact) mass is 363 g/mol. The lowest BCUT2D eigenvalue weighted by Gasteiger charge is -2.09. The molecule has 0 radical (unpaired) electrons. The summed E-state index contributed by atoms with van der Waals surface area (Å²) in [6.45, 7) is 0.185. The molecule has 0 aromatic heterocycles. The Labute approximate surface area is 136 Å². The Morgan fingerprint density at radius 1 is 1.14 bits per heavy atom. The van der Waals surface area contributed by atoms with E-state index in [-0.39, 0.29) is 6.61 Å². The van der Waals surface area contributed by atoms with Crippen LogP contribution in [-0.2, 0) is 16.1 Å². The molecule has 114 valence electrons. The molecule has 2 aromatic carbocycles. The molecule has 0 fully saturated rings. The highest BCUT2D eigenvalue weighted by atomic mass is 79.9. The van der Waals surface area contributed by atoms with E-state index in [1.165, 1.54) is 7.11 Å². The first-order valence-corrected chi connectivity index (χ1v) is 7.25. The molecule has 6 heteroatoms. The number of carbonyl (C=O) groups excluding carboxylic acids is 2. The van der Waals surface area contributed by atoms with Crippen molar-refractivity contribution in [2.45, 2.75) is 6.61 Å². The van der Waals surface area contributed by atoms with Crippen LogP contribution < -0.4 is 5.32 Å². The Bertz CT molecular complexity index is 673. The van der Waals surface area contributed by atoms with Crippen LogP contribution >= 0.6 is 15.9 Å². The third kappa shape index (κ3) is 4.33. The van der Waals surface area contributed by atoms with Gasteiger partial charge in [-0.1, -0.05) is 30.3 Å². The normalized spacial score (nSPS) is 9.91. The van der Waals surface area contributed by atoms with E-state index in [9.17, 15) is 9.59 Å². The minimum Gasteiger partial charge on any atom is -0.465 e. The third-order valence-electron chi connectivity index (χ3n) is 2.84. The fourth-order valence-electron chi connectivity index (χ4n) is 1.73. The van der Waals surface area contributed by atoms with Crippen LogP contribution in [0.3, 0.4) is 0 Å². The maximum absolute atomic E-state index is 11.8. The van der Waals surface area contributed by atoms with Gasteiger partial charge in [-0.15, -0.1) is 0 Å². The first-order valence-electron chi connectivity index (χ1n) is 6.45. The molecule has 22 heavy (non-hydrogen) atoms. The SMILES string of the molecule is COC(=O)c1ccc(NC(=O)OCc2ccccc2)c(Br)c1. The number of anilines is 1. The number of hydrogen-bond acceptors (Lipinski definition) is 4. The highest BCUT2D eigenvalue weighted by Crippen LogP contribution is 2.24. The summed E-state index contributed by atoms with van der Waals surface area (Å²) in [6, 6.07) is 14.1. The van der Waals surface area contributed by atoms with Crippen LogP contribution in [0.2, 0.25) is 0 Å². The van der Waals surface area contributed by atoms with Crippen molar-refractivity contribution in [2.75, 3.05) is 12.4 Å². The average molecular weight is 364 g/mol. The van der Waals surface area contributed by atoms with Gasteiger partial charge in [0.2, 0.25) is 0 Å². The first-order chi connectivity index (χ1) is 10.6. The van der Waals surface area contributed by atoms with Gasteiger partial charge in [0, 0.05) is 4.47 Å². The molecular weight excluding hydrogens is 350 g/mol. The van der Waals surface area contributed by atoms with Gasteiger partial charge in [0.25, 0.3) is 0 Å². The number of ether oxygens (including phenoxy) is 2. The predicted molar refractivity (Wildman–Crippen MR) is 85.7 cm³/mol. The van der Waals surface area contributed by atoms with E-state index in [4.69, 9.17) is 4.74 Å². The van der Waals surface area contributed by atoms with Crippen LogP contribution in [0.15, 0.2) is 53.0 Å². The largest absolute Gasteiger partial charge is 0.465 e. The zero-order valence-corrected chi connectivity index (χ0v) is 13.4. The molecule has 0 aliphatic heterocycles. The lowest BCUT2D eigenvalue weighted by Crippen LogP contribution is -2.14. The highest BCUT2D eigenvalue weighted by Gasteiger charge is 2.11. The Morgan fingerprint density at radius 3 is 2.50 bits per heavy atom. The van der Waals surface area contributed by atoms with Crippen molar-refractivity contribution < 1.29 is 19.1 Å². The molecule has 0 aliphatic rings. The summed E-state index contributed by atoms with van der Waals surface area (Å²) in [7, 11) is 1.31.